The minimum Gasteiger partial charge on any atom is -0.230 e. The van der Waals surface area contributed by atoms with E-state index in [1.165, 1.54) is 62.5 Å². The Morgan fingerprint density at radius 3 is 2.48 bits per heavy atom. The SMILES string of the molecule is CCCCCCCC(Sc1nc2ccccc2s1)c1cc2ccccc2s1. The maximum absolute atomic E-state index is 4.88. The molecule has 0 amide bonds. The minimum absolute atomic E-state index is 0.504. The van der Waals surface area contributed by atoms with Crippen LogP contribution in [0.2, 0.25) is 0 Å². The lowest BCUT2D eigenvalue weighted by Crippen LogP contribution is -1.92. The van der Waals surface area contributed by atoms with E-state index < -0.39 is 0 Å². The summed E-state index contributed by atoms with van der Waals surface area (Å²) in [7, 11) is 0. The van der Waals surface area contributed by atoms with Gasteiger partial charge in [0.05, 0.1) is 10.2 Å². The van der Waals surface area contributed by atoms with Crippen molar-refractivity contribution in [1.82, 2.24) is 4.98 Å². The molecular weight excluding hydrogens is 386 g/mol. The molecule has 27 heavy (non-hydrogen) atoms. The van der Waals surface area contributed by atoms with Crippen LogP contribution in [0.25, 0.3) is 20.3 Å². The average molecular weight is 412 g/mol. The third-order valence-electron chi connectivity index (χ3n) is 4.85. The Hall–Kier alpha value is -1.36. The van der Waals surface area contributed by atoms with Gasteiger partial charge in [-0.25, -0.2) is 4.98 Å². The van der Waals surface area contributed by atoms with Gasteiger partial charge in [-0.1, -0.05) is 81.1 Å². The standard InChI is InChI=1S/C23H25NS3/c1-2-3-4-5-6-15-21(22-16-17-11-7-9-13-19(17)25-22)27-23-24-18-12-8-10-14-20(18)26-23/h7-14,16,21H,2-6,15H2,1H3. The van der Waals surface area contributed by atoms with Gasteiger partial charge in [0, 0.05) is 14.8 Å². The number of thioether (sulfide) groups is 1. The normalized spacial score (nSPS) is 12.8. The number of thiophene rings is 1. The molecule has 1 nitrogen and oxygen atoms in total. The summed E-state index contributed by atoms with van der Waals surface area (Å²) >= 11 is 5.75. The molecule has 2 aromatic carbocycles. The zero-order chi connectivity index (χ0) is 18.5. The van der Waals surface area contributed by atoms with Crippen LogP contribution in [0.4, 0.5) is 0 Å². The van der Waals surface area contributed by atoms with E-state index in [0.717, 1.165) is 5.52 Å². The first kappa shape index (κ1) is 19.0. The smallest absolute Gasteiger partial charge is 0.151 e. The molecule has 1 atom stereocenters. The second-order valence-electron chi connectivity index (χ2n) is 6.94. The highest BCUT2D eigenvalue weighted by atomic mass is 32.2. The van der Waals surface area contributed by atoms with Gasteiger partial charge in [-0.2, -0.15) is 0 Å². The predicted molar refractivity (Wildman–Crippen MR) is 123 cm³/mol. The zero-order valence-corrected chi connectivity index (χ0v) is 18.1. The van der Waals surface area contributed by atoms with Crippen LogP contribution in [-0.2, 0) is 0 Å². The Bertz CT molecular complexity index is 935. The van der Waals surface area contributed by atoms with Crippen LogP contribution in [0, 0.1) is 0 Å². The summed E-state index contributed by atoms with van der Waals surface area (Å²) in [4.78, 5) is 6.37. The average Bonchev–Trinajstić information content (AvgIpc) is 3.30. The number of benzene rings is 2. The van der Waals surface area contributed by atoms with Crippen LogP contribution in [0.1, 0.15) is 55.6 Å². The number of fused-ring (bicyclic) bond motifs is 2. The van der Waals surface area contributed by atoms with E-state index in [1.807, 2.05) is 34.4 Å². The summed E-state index contributed by atoms with van der Waals surface area (Å²) in [5.74, 6) is 0. The topological polar surface area (TPSA) is 12.9 Å². The Labute approximate surface area is 173 Å². The minimum atomic E-state index is 0.504. The molecule has 0 spiro atoms. The molecule has 2 heterocycles. The quantitative estimate of drug-likeness (QED) is 0.202. The van der Waals surface area contributed by atoms with Gasteiger partial charge >= 0.3 is 0 Å². The van der Waals surface area contributed by atoms with E-state index in [9.17, 15) is 0 Å². The van der Waals surface area contributed by atoms with E-state index in [4.69, 9.17) is 4.98 Å². The Kier molecular flexibility index (Phi) is 6.48. The van der Waals surface area contributed by atoms with Crippen LogP contribution in [0.15, 0.2) is 58.9 Å². The molecule has 0 radical (unpaired) electrons. The van der Waals surface area contributed by atoms with Gasteiger partial charge in [0.1, 0.15) is 0 Å². The maximum Gasteiger partial charge on any atom is 0.151 e. The lowest BCUT2D eigenvalue weighted by atomic mass is 10.1. The number of hydrogen-bond donors (Lipinski definition) is 0. The number of aromatic nitrogens is 1. The van der Waals surface area contributed by atoms with E-state index in [1.54, 1.807) is 0 Å². The van der Waals surface area contributed by atoms with E-state index in [0.29, 0.717) is 5.25 Å². The molecule has 2 aromatic heterocycles. The molecule has 4 heteroatoms. The number of rotatable bonds is 9. The highest BCUT2D eigenvalue weighted by Gasteiger charge is 2.18. The first-order chi connectivity index (χ1) is 13.3. The zero-order valence-electron chi connectivity index (χ0n) is 15.7. The Morgan fingerprint density at radius 2 is 1.67 bits per heavy atom. The molecule has 0 aliphatic rings. The molecule has 4 rings (SSSR count). The fourth-order valence-electron chi connectivity index (χ4n) is 3.38. The maximum atomic E-state index is 4.88. The van der Waals surface area contributed by atoms with Crippen LogP contribution in [0.5, 0.6) is 0 Å². The molecule has 4 aromatic rings. The molecule has 1 unspecified atom stereocenters. The third kappa shape index (κ3) is 4.74. The molecule has 0 aliphatic carbocycles. The van der Waals surface area contributed by atoms with Crippen molar-refractivity contribution in [2.24, 2.45) is 0 Å². The first-order valence-electron chi connectivity index (χ1n) is 9.84. The molecule has 0 bridgehead atoms. The van der Waals surface area contributed by atoms with Gasteiger partial charge in [-0.05, 0) is 36.1 Å². The second-order valence-corrected chi connectivity index (χ2v) is 10.5. The van der Waals surface area contributed by atoms with Gasteiger partial charge in [-0.15, -0.1) is 22.7 Å². The fraction of sp³-hybridized carbons (Fsp3) is 0.348. The summed E-state index contributed by atoms with van der Waals surface area (Å²) in [6, 6.07) is 19.6. The van der Waals surface area contributed by atoms with Crippen molar-refractivity contribution in [3.05, 3.63) is 59.5 Å². The lowest BCUT2D eigenvalue weighted by Gasteiger charge is -2.13. The van der Waals surface area contributed by atoms with Gasteiger partial charge in [0.25, 0.3) is 0 Å². The molecule has 0 aliphatic heterocycles. The second kappa shape index (κ2) is 9.22. The summed E-state index contributed by atoms with van der Waals surface area (Å²) < 4.78 is 3.89. The lowest BCUT2D eigenvalue weighted by molar-refractivity contribution is 0.605. The van der Waals surface area contributed by atoms with E-state index >= 15 is 0 Å². The van der Waals surface area contributed by atoms with Crippen molar-refractivity contribution < 1.29 is 0 Å². The molecule has 0 fully saturated rings. The Balaban J connectivity index is 1.54. The van der Waals surface area contributed by atoms with Crippen LogP contribution < -0.4 is 0 Å². The van der Waals surface area contributed by atoms with Gasteiger partial charge in [-0.3, -0.25) is 0 Å². The summed E-state index contributed by atoms with van der Waals surface area (Å²) in [5, 5.41) is 1.88. The van der Waals surface area contributed by atoms with E-state index in [-0.39, 0.29) is 0 Å². The van der Waals surface area contributed by atoms with Crippen molar-refractivity contribution >= 4 is 54.7 Å². The monoisotopic (exact) mass is 411 g/mol. The molecule has 0 saturated heterocycles. The largest absolute Gasteiger partial charge is 0.230 e. The number of unbranched alkanes of at least 4 members (excludes halogenated alkanes) is 4. The van der Waals surface area contributed by atoms with Crippen LogP contribution in [0.3, 0.4) is 0 Å². The first-order valence-corrected chi connectivity index (χ1v) is 12.4. The van der Waals surface area contributed by atoms with Gasteiger partial charge in [0.2, 0.25) is 0 Å². The molecule has 0 saturated carbocycles. The van der Waals surface area contributed by atoms with Crippen molar-refractivity contribution in [3.8, 4) is 0 Å². The highest BCUT2D eigenvalue weighted by molar-refractivity contribution is 8.01. The number of hydrogen-bond acceptors (Lipinski definition) is 4. The van der Waals surface area contributed by atoms with E-state index in [2.05, 4.69) is 61.5 Å². The van der Waals surface area contributed by atoms with Crippen molar-refractivity contribution in [2.45, 2.75) is 55.0 Å². The van der Waals surface area contributed by atoms with Crippen LogP contribution in [-0.4, -0.2) is 4.98 Å². The number of nitrogens with zero attached hydrogens (tertiary/aromatic N) is 1. The fourth-order valence-corrected chi connectivity index (χ4v) is 7.12. The van der Waals surface area contributed by atoms with Gasteiger partial charge in [0.15, 0.2) is 4.34 Å². The predicted octanol–water partition coefficient (Wildman–Crippen LogP) is 8.70. The third-order valence-corrected chi connectivity index (χ3v) is 8.66. The number of thiazole rings is 1. The summed E-state index contributed by atoms with van der Waals surface area (Å²) in [6.07, 6.45) is 7.91. The summed E-state index contributed by atoms with van der Waals surface area (Å²) in [5.41, 5.74) is 1.13. The van der Waals surface area contributed by atoms with Crippen LogP contribution >= 0.6 is 34.4 Å². The van der Waals surface area contributed by atoms with Crippen molar-refractivity contribution in [3.63, 3.8) is 0 Å². The Morgan fingerprint density at radius 1 is 0.889 bits per heavy atom. The molecule has 140 valence electrons. The number of para-hydroxylation sites is 1. The highest BCUT2D eigenvalue weighted by Crippen LogP contribution is 2.45. The van der Waals surface area contributed by atoms with Crippen molar-refractivity contribution in [1.29, 1.82) is 0 Å². The van der Waals surface area contributed by atoms with Crippen molar-refractivity contribution in [2.75, 3.05) is 0 Å². The molecular formula is C23H25NS3. The summed E-state index contributed by atoms with van der Waals surface area (Å²) in [6.45, 7) is 2.28. The molecule has 0 N–H and O–H groups in total. The van der Waals surface area contributed by atoms with Gasteiger partial charge < -0.3 is 0 Å².